The summed E-state index contributed by atoms with van der Waals surface area (Å²) in [4.78, 5) is 1.97. The number of halogens is 2. The molecule has 0 saturated carbocycles. The maximum absolute atomic E-state index is 12.9. The lowest BCUT2D eigenvalue weighted by Gasteiger charge is -2.12. The van der Waals surface area contributed by atoms with Crippen molar-refractivity contribution in [3.8, 4) is 5.75 Å². The summed E-state index contributed by atoms with van der Waals surface area (Å²) in [6, 6.07) is 2.55. The quantitative estimate of drug-likeness (QED) is 0.807. The second-order valence-corrected chi connectivity index (χ2v) is 3.86. The van der Waals surface area contributed by atoms with Crippen LogP contribution in [0.4, 0.5) is 10.1 Å². The van der Waals surface area contributed by atoms with Crippen molar-refractivity contribution in [2.45, 2.75) is 0 Å². The van der Waals surface area contributed by atoms with Crippen molar-refractivity contribution in [3.05, 3.63) is 23.0 Å². The first-order valence-electron chi connectivity index (χ1n) is 4.52. The highest BCUT2D eigenvalue weighted by atomic mass is 35.5. The molecule has 0 heterocycles. The van der Waals surface area contributed by atoms with Gasteiger partial charge in [-0.1, -0.05) is 11.6 Å². The second-order valence-electron chi connectivity index (χ2n) is 3.46. The molecule has 0 atom stereocenters. The van der Waals surface area contributed by atoms with Gasteiger partial charge >= 0.3 is 0 Å². The average Bonchev–Trinajstić information content (AvgIpc) is 2.13. The Hall–Kier alpha value is -1.00. The molecule has 0 amide bonds. The molecule has 0 aromatic heterocycles. The Morgan fingerprint density at radius 2 is 2.13 bits per heavy atom. The Balaban J connectivity index is 2.65. The smallest absolute Gasteiger partial charge is 0.144 e. The van der Waals surface area contributed by atoms with Crippen LogP contribution in [0.15, 0.2) is 12.1 Å². The van der Waals surface area contributed by atoms with E-state index < -0.39 is 5.82 Å². The van der Waals surface area contributed by atoms with Gasteiger partial charge in [-0.05, 0) is 14.1 Å². The molecule has 0 spiro atoms. The van der Waals surface area contributed by atoms with Crippen LogP contribution in [0.3, 0.4) is 0 Å². The standard InChI is InChI=1S/C10H14ClFN2O/c1-14(2)3-4-15-10-5-7(11)8(12)6-9(10)13/h5-6H,3-4,13H2,1-2H3. The van der Waals surface area contributed by atoms with Crippen LogP contribution in [-0.4, -0.2) is 32.1 Å². The predicted molar refractivity (Wildman–Crippen MR) is 59.9 cm³/mol. The van der Waals surface area contributed by atoms with Gasteiger partial charge in [-0.2, -0.15) is 0 Å². The van der Waals surface area contributed by atoms with Gasteiger partial charge in [-0.15, -0.1) is 0 Å². The minimum Gasteiger partial charge on any atom is -0.490 e. The van der Waals surface area contributed by atoms with Gasteiger partial charge in [0.15, 0.2) is 0 Å². The van der Waals surface area contributed by atoms with E-state index in [2.05, 4.69) is 0 Å². The van der Waals surface area contributed by atoms with Crippen molar-refractivity contribution in [2.75, 3.05) is 33.0 Å². The van der Waals surface area contributed by atoms with E-state index in [9.17, 15) is 4.39 Å². The number of ether oxygens (including phenoxy) is 1. The molecule has 0 unspecified atom stereocenters. The molecular formula is C10H14ClFN2O. The van der Waals surface area contributed by atoms with Gasteiger partial charge in [-0.25, -0.2) is 4.39 Å². The van der Waals surface area contributed by atoms with Crippen LogP contribution in [0.5, 0.6) is 5.75 Å². The number of nitrogen functional groups attached to an aromatic ring is 1. The summed E-state index contributed by atoms with van der Waals surface area (Å²) < 4.78 is 18.3. The lowest BCUT2D eigenvalue weighted by Crippen LogP contribution is -2.19. The second kappa shape index (κ2) is 5.19. The van der Waals surface area contributed by atoms with Gasteiger partial charge in [-0.3, -0.25) is 0 Å². The van der Waals surface area contributed by atoms with Gasteiger partial charge in [0, 0.05) is 18.7 Å². The van der Waals surface area contributed by atoms with Crippen LogP contribution in [0.25, 0.3) is 0 Å². The number of hydrogen-bond donors (Lipinski definition) is 1. The summed E-state index contributed by atoms with van der Waals surface area (Å²) in [6.45, 7) is 1.24. The van der Waals surface area contributed by atoms with E-state index in [-0.39, 0.29) is 10.7 Å². The number of nitrogens with zero attached hydrogens (tertiary/aromatic N) is 1. The molecule has 2 N–H and O–H groups in total. The maximum Gasteiger partial charge on any atom is 0.144 e. The zero-order valence-corrected chi connectivity index (χ0v) is 9.51. The van der Waals surface area contributed by atoms with E-state index in [4.69, 9.17) is 22.1 Å². The molecule has 0 fully saturated rings. The third kappa shape index (κ3) is 3.57. The van der Waals surface area contributed by atoms with Crippen LogP contribution in [0, 0.1) is 5.82 Å². The van der Waals surface area contributed by atoms with E-state index in [0.29, 0.717) is 12.4 Å². The predicted octanol–water partition coefficient (Wildman–Crippen LogP) is 2.00. The van der Waals surface area contributed by atoms with Gasteiger partial charge in [0.05, 0.1) is 10.7 Å². The van der Waals surface area contributed by atoms with Crippen molar-refractivity contribution < 1.29 is 9.13 Å². The molecule has 1 aromatic carbocycles. The first-order valence-corrected chi connectivity index (χ1v) is 4.90. The van der Waals surface area contributed by atoms with Gasteiger partial charge < -0.3 is 15.4 Å². The molecule has 0 saturated heterocycles. The summed E-state index contributed by atoms with van der Waals surface area (Å²) in [5.41, 5.74) is 5.83. The minimum absolute atomic E-state index is 0.0176. The summed E-state index contributed by atoms with van der Waals surface area (Å²) in [5, 5.41) is 0.0176. The van der Waals surface area contributed by atoms with E-state index in [1.165, 1.54) is 6.07 Å². The third-order valence-corrected chi connectivity index (χ3v) is 2.14. The van der Waals surface area contributed by atoms with E-state index >= 15 is 0 Å². The van der Waals surface area contributed by atoms with Gasteiger partial charge in [0.2, 0.25) is 0 Å². The minimum atomic E-state index is -0.533. The van der Waals surface area contributed by atoms with Crippen molar-refractivity contribution in [3.63, 3.8) is 0 Å². The maximum atomic E-state index is 12.9. The largest absolute Gasteiger partial charge is 0.490 e. The zero-order chi connectivity index (χ0) is 11.4. The first kappa shape index (κ1) is 12.1. The first-order chi connectivity index (χ1) is 7.00. The number of hydrogen-bond acceptors (Lipinski definition) is 3. The Bertz CT molecular complexity index is 344. The van der Waals surface area contributed by atoms with Crippen LogP contribution < -0.4 is 10.5 Å². The molecule has 1 rings (SSSR count). The Morgan fingerprint density at radius 3 is 2.73 bits per heavy atom. The molecule has 5 heteroatoms. The Kier molecular flexibility index (Phi) is 4.17. The molecule has 0 aliphatic carbocycles. The van der Waals surface area contributed by atoms with Crippen molar-refractivity contribution >= 4 is 17.3 Å². The normalized spacial score (nSPS) is 10.7. The molecule has 3 nitrogen and oxygen atoms in total. The highest BCUT2D eigenvalue weighted by Crippen LogP contribution is 2.28. The number of rotatable bonds is 4. The zero-order valence-electron chi connectivity index (χ0n) is 8.76. The topological polar surface area (TPSA) is 38.5 Å². The van der Waals surface area contributed by atoms with Crippen LogP contribution in [-0.2, 0) is 0 Å². The SMILES string of the molecule is CN(C)CCOc1cc(Cl)c(F)cc1N. The number of likely N-dealkylation sites (N-methyl/N-ethyl adjacent to an activating group) is 1. The molecule has 0 aliphatic rings. The molecule has 15 heavy (non-hydrogen) atoms. The monoisotopic (exact) mass is 232 g/mol. The number of nitrogens with two attached hydrogens (primary N) is 1. The van der Waals surface area contributed by atoms with E-state index in [1.54, 1.807) is 0 Å². The van der Waals surface area contributed by atoms with Crippen LogP contribution >= 0.6 is 11.6 Å². The van der Waals surface area contributed by atoms with Crippen LogP contribution in [0.2, 0.25) is 5.02 Å². The van der Waals surface area contributed by atoms with Crippen molar-refractivity contribution in [2.24, 2.45) is 0 Å². The molecule has 84 valence electrons. The van der Waals surface area contributed by atoms with Crippen LogP contribution in [0.1, 0.15) is 0 Å². The summed E-state index contributed by atoms with van der Waals surface area (Å²) in [5.74, 6) is -0.114. The average molecular weight is 233 g/mol. The molecule has 0 aliphatic heterocycles. The summed E-state index contributed by atoms with van der Waals surface area (Å²) in [7, 11) is 3.87. The number of anilines is 1. The highest BCUT2D eigenvalue weighted by Gasteiger charge is 2.07. The lowest BCUT2D eigenvalue weighted by molar-refractivity contribution is 0.262. The molecule has 0 bridgehead atoms. The summed E-state index contributed by atoms with van der Waals surface area (Å²) in [6.07, 6.45) is 0. The molecular weight excluding hydrogens is 219 g/mol. The summed E-state index contributed by atoms with van der Waals surface area (Å²) >= 11 is 5.61. The van der Waals surface area contributed by atoms with Crippen molar-refractivity contribution in [1.82, 2.24) is 4.90 Å². The lowest BCUT2D eigenvalue weighted by atomic mass is 10.3. The molecule has 0 radical (unpaired) electrons. The molecule has 1 aromatic rings. The Labute approximate surface area is 93.6 Å². The fraction of sp³-hybridized carbons (Fsp3) is 0.400. The fourth-order valence-electron chi connectivity index (χ4n) is 1.01. The highest BCUT2D eigenvalue weighted by molar-refractivity contribution is 6.31. The Morgan fingerprint density at radius 1 is 1.47 bits per heavy atom. The van der Waals surface area contributed by atoms with E-state index in [0.717, 1.165) is 12.6 Å². The van der Waals surface area contributed by atoms with Crippen molar-refractivity contribution in [1.29, 1.82) is 0 Å². The number of benzene rings is 1. The van der Waals surface area contributed by atoms with Gasteiger partial charge in [0.1, 0.15) is 18.2 Å². The third-order valence-electron chi connectivity index (χ3n) is 1.85. The van der Waals surface area contributed by atoms with Gasteiger partial charge in [0.25, 0.3) is 0 Å². The van der Waals surface area contributed by atoms with E-state index in [1.807, 2.05) is 19.0 Å². The fourth-order valence-corrected chi connectivity index (χ4v) is 1.16.